The lowest BCUT2D eigenvalue weighted by Gasteiger charge is -2.40. The van der Waals surface area contributed by atoms with E-state index in [9.17, 15) is 4.39 Å². The third-order valence-electron chi connectivity index (χ3n) is 4.21. The summed E-state index contributed by atoms with van der Waals surface area (Å²) in [6.45, 7) is 0. The highest BCUT2D eigenvalue weighted by molar-refractivity contribution is 5.82. The third-order valence-corrected chi connectivity index (χ3v) is 4.21. The number of aromatic nitrogens is 1. The van der Waals surface area contributed by atoms with Gasteiger partial charge in [-0.2, -0.15) is 0 Å². The fourth-order valence-corrected chi connectivity index (χ4v) is 2.84. The highest BCUT2D eigenvalue weighted by Gasteiger charge is 2.32. The summed E-state index contributed by atoms with van der Waals surface area (Å²) in [5.41, 5.74) is 1.06. The first-order valence-corrected chi connectivity index (χ1v) is 6.60. The van der Waals surface area contributed by atoms with E-state index in [4.69, 9.17) is 4.74 Å². The van der Waals surface area contributed by atoms with Gasteiger partial charge in [0.2, 0.25) is 0 Å². The van der Waals surface area contributed by atoms with Crippen LogP contribution in [0.4, 0.5) is 4.39 Å². The average Bonchev–Trinajstić information content (AvgIpc) is 2.68. The summed E-state index contributed by atoms with van der Waals surface area (Å²) >= 11 is 0. The summed E-state index contributed by atoms with van der Waals surface area (Å²) < 4.78 is 21.0. The maximum Gasteiger partial charge on any atom is 0.165 e. The summed E-state index contributed by atoms with van der Waals surface area (Å²) in [6, 6.07) is 6.49. The van der Waals surface area contributed by atoms with Crippen LogP contribution < -0.4 is 4.74 Å². The van der Waals surface area contributed by atoms with Gasteiger partial charge in [0.1, 0.15) is 0 Å². The van der Waals surface area contributed by atoms with E-state index >= 15 is 0 Å². The van der Waals surface area contributed by atoms with Crippen LogP contribution >= 0.6 is 0 Å². The number of ether oxygens (including phenoxy) is 1. The lowest BCUT2D eigenvalue weighted by atomic mass is 9.85. The van der Waals surface area contributed by atoms with Gasteiger partial charge in [0.05, 0.1) is 12.6 Å². The van der Waals surface area contributed by atoms with Gasteiger partial charge in [0.25, 0.3) is 0 Å². The zero-order chi connectivity index (χ0) is 13.6. The second-order valence-electron chi connectivity index (χ2n) is 5.51. The topological polar surface area (TPSA) is 17.4 Å². The van der Waals surface area contributed by atoms with Crippen molar-refractivity contribution in [3.63, 3.8) is 0 Å². The van der Waals surface area contributed by atoms with Crippen LogP contribution in [0.1, 0.15) is 18.9 Å². The largest absolute Gasteiger partial charge is 0.494 e. The quantitative estimate of drug-likeness (QED) is 0.846. The fourth-order valence-electron chi connectivity index (χ4n) is 2.84. The molecule has 2 aromatic rings. The highest BCUT2D eigenvalue weighted by Crippen LogP contribution is 2.38. The Labute approximate surface area is 112 Å². The number of hydrogen-bond acceptors (Lipinski definition) is 2. The number of nitrogens with zero attached hydrogens (tertiary/aromatic N) is 2. The fraction of sp³-hybridized carbons (Fsp3) is 0.467. The zero-order valence-electron chi connectivity index (χ0n) is 11.6. The van der Waals surface area contributed by atoms with Gasteiger partial charge >= 0.3 is 0 Å². The molecular weight excluding hydrogens is 243 g/mol. The number of hydrogen-bond donors (Lipinski definition) is 0. The van der Waals surface area contributed by atoms with Gasteiger partial charge in [-0.3, -0.25) is 0 Å². The molecule has 0 unspecified atom stereocenters. The number of methoxy groups -OCH3 is 1. The number of rotatable bonds is 3. The van der Waals surface area contributed by atoms with E-state index in [0.717, 1.165) is 23.7 Å². The molecule has 1 aliphatic rings. The van der Waals surface area contributed by atoms with Crippen LogP contribution in [0.3, 0.4) is 0 Å². The highest BCUT2D eigenvalue weighted by atomic mass is 19.1. The Bertz CT molecular complexity index is 599. The molecule has 3 rings (SSSR count). The summed E-state index contributed by atoms with van der Waals surface area (Å²) in [5, 5.41) is 0.937. The van der Waals surface area contributed by atoms with Gasteiger partial charge in [-0.15, -0.1) is 0 Å². The van der Waals surface area contributed by atoms with Crippen molar-refractivity contribution in [2.75, 3.05) is 21.2 Å². The van der Waals surface area contributed by atoms with E-state index in [-0.39, 0.29) is 5.82 Å². The van der Waals surface area contributed by atoms with Gasteiger partial charge in [-0.25, -0.2) is 4.39 Å². The SMILES string of the molecule is COc1cc2c(ccn2C2CC(N(C)C)C2)cc1F. The molecule has 1 aromatic carbocycles. The molecule has 102 valence electrons. The zero-order valence-corrected chi connectivity index (χ0v) is 11.6. The molecule has 0 bridgehead atoms. The molecule has 0 N–H and O–H groups in total. The number of fused-ring (bicyclic) bond motifs is 1. The van der Waals surface area contributed by atoms with Gasteiger partial charge in [-0.05, 0) is 39.1 Å². The normalized spacial score (nSPS) is 22.8. The Morgan fingerprint density at radius 2 is 2.05 bits per heavy atom. The molecule has 1 aliphatic carbocycles. The van der Waals surface area contributed by atoms with Crippen molar-refractivity contribution in [3.8, 4) is 5.75 Å². The third kappa shape index (κ3) is 2.00. The Hall–Kier alpha value is -1.55. The van der Waals surface area contributed by atoms with E-state index in [1.165, 1.54) is 7.11 Å². The lowest BCUT2D eigenvalue weighted by Crippen LogP contribution is -2.41. The first kappa shape index (κ1) is 12.5. The van der Waals surface area contributed by atoms with Crippen LogP contribution in [0.15, 0.2) is 24.4 Å². The minimum Gasteiger partial charge on any atom is -0.494 e. The van der Waals surface area contributed by atoms with E-state index in [1.807, 2.05) is 6.07 Å². The van der Waals surface area contributed by atoms with Gasteiger partial charge in [0.15, 0.2) is 11.6 Å². The van der Waals surface area contributed by atoms with Crippen LogP contribution in [0, 0.1) is 5.82 Å². The number of halogens is 1. The van der Waals surface area contributed by atoms with Crippen LogP contribution in [0.5, 0.6) is 5.75 Å². The Balaban J connectivity index is 1.93. The monoisotopic (exact) mass is 262 g/mol. The number of benzene rings is 1. The standard InChI is InChI=1S/C15H19FN2O/c1-17(2)11-7-12(8-11)18-5-4-10-6-13(16)15(19-3)9-14(10)18/h4-6,9,11-12H,7-8H2,1-3H3. The summed E-state index contributed by atoms with van der Waals surface area (Å²) in [6.07, 6.45) is 4.35. The predicted molar refractivity (Wildman–Crippen MR) is 74.2 cm³/mol. The van der Waals surface area contributed by atoms with Crippen molar-refractivity contribution in [1.82, 2.24) is 9.47 Å². The van der Waals surface area contributed by atoms with Crippen molar-refractivity contribution < 1.29 is 9.13 Å². The summed E-state index contributed by atoms with van der Waals surface area (Å²) in [5.74, 6) is 0.0171. The van der Waals surface area contributed by atoms with Crippen molar-refractivity contribution in [2.24, 2.45) is 0 Å². The molecule has 0 radical (unpaired) electrons. The van der Waals surface area contributed by atoms with Crippen LogP contribution in [-0.4, -0.2) is 36.7 Å². The van der Waals surface area contributed by atoms with E-state index in [2.05, 4.69) is 29.8 Å². The Morgan fingerprint density at radius 1 is 1.32 bits per heavy atom. The molecule has 0 aliphatic heterocycles. The minimum absolute atomic E-state index is 0.299. The van der Waals surface area contributed by atoms with E-state index in [1.54, 1.807) is 12.1 Å². The Morgan fingerprint density at radius 3 is 2.68 bits per heavy atom. The van der Waals surface area contributed by atoms with E-state index in [0.29, 0.717) is 17.8 Å². The van der Waals surface area contributed by atoms with Crippen LogP contribution in [0.2, 0.25) is 0 Å². The smallest absolute Gasteiger partial charge is 0.165 e. The molecule has 0 atom stereocenters. The molecule has 4 heteroatoms. The molecule has 1 fully saturated rings. The van der Waals surface area contributed by atoms with Gasteiger partial charge in [0, 0.05) is 29.7 Å². The van der Waals surface area contributed by atoms with Crippen molar-refractivity contribution in [2.45, 2.75) is 24.9 Å². The van der Waals surface area contributed by atoms with Crippen molar-refractivity contribution in [3.05, 3.63) is 30.2 Å². The molecular formula is C15H19FN2O. The summed E-state index contributed by atoms with van der Waals surface area (Å²) in [4.78, 5) is 2.27. The van der Waals surface area contributed by atoms with Crippen molar-refractivity contribution in [1.29, 1.82) is 0 Å². The maximum atomic E-state index is 13.7. The first-order chi connectivity index (χ1) is 9.10. The van der Waals surface area contributed by atoms with E-state index < -0.39 is 0 Å². The predicted octanol–water partition coefficient (Wildman–Crippen LogP) is 3.05. The van der Waals surface area contributed by atoms with Crippen LogP contribution in [-0.2, 0) is 0 Å². The minimum atomic E-state index is -0.299. The molecule has 1 saturated carbocycles. The van der Waals surface area contributed by atoms with Crippen molar-refractivity contribution >= 4 is 10.9 Å². The van der Waals surface area contributed by atoms with Crippen LogP contribution in [0.25, 0.3) is 10.9 Å². The molecule has 1 aromatic heterocycles. The average molecular weight is 262 g/mol. The molecule has 0 spiro atoms. The molecule has 3 nitrogen and oxygen atoms in total. The maximum absolute atomic E-state index is 13.7. The first-order valence-electron chi connectivity index (χ1n) is 6.60. The lowest BCUT2D eigenvalue weighted by molar-refractivity contribution is 0.132. The molecule has 0 amide bonds. The second-order valence-corrected chi connectivity index (χ2v) is 5.51. The molecule has 1 heterocycles. The molecule has 19 heavy (non-hydrogen) atoms. The van der Waals surface area contributed by atoms with Gasteiger partial charge < -0.3 is 14.2 Å². The second kappa shape index (κ2) is 4.53. The molecule has 0 saturated heterocycles. The van der Waals surface area contributed by atoms with Gasteiger partial charge in [-0.1, -0.05) is 0 Å². The summed E-state index contributed by atoms with van der Waals surface area (Å²) in [7, 11) is 5.74. The Kier molecular flexibility index (Phi) is 2.97.